The van der Waals surface area contributed by atoms with E-state index in [0.29, 0.717) is 0 Å². The predicted octanol–water partition coefficient (Wildman–Crippen LogP) is 1.77. The Balaban J connectivity index is 2.10. The third-order valence-electron chi connectivity index (χ3n) is 3.87. The monoisotopic (exact) mass is 275 g/mol. The van der Waals surface area contributed by atoms with Crippen molar-refractivity contribution in [2.45, 2.75) is 27.3 Å². The summed E-state index contributed by atoms with van der Waals surface area (Å²) in [6.45, 7) is 11.3. The van der Waals surface area contributed by atoms with Crippen molar-refractivity contribution in [3.63, 3.8) is 0 Å². The summed E-state index contributed by atoms with van der Waals surface area (Å²) in [6.07, 6.45) is 0. The maximum Gasteiger partial charge on any atom is 0.219 e. The molecule has 0 bridgehead atoms. The molecule has 1 saturated heterocycles. The second-order valence-corrected chi connectivity index (χ2v) is 5.41. The molecule has 20 heavy (non-hydrogen) atoms. The smallest absolute Gasteiger partial charge is 0.219 e. The van der Waals surface area contributed by atoms with Gasteiger partial charge >= 0.3 is 0 Å². The van der Waals surface area contributed by atoms with Crippen molar-refractivity contribution in [2.24, 2.45) is 0 Å². The molecule has 0 saturated carbocycles. The molecule has 0 spiro atoms. The first-order valence-corrected chi connectivity index (χ1v) is 7.42. The second kappa shape index (κ2) is 6.75. The van der Waals surface area contributed by atoms with E-state index in [0.717, 1.165) is 39.3 Å². The highest BCUT2D eigenvalue weighted by molar-refractivity contribution is 5.73. The Bertz CT molecular complexity index is 465. The number of amides is 1. The normalized spacial score (nSPS) is 15.6. The van der Waals surface area contributed by atoms with Gasteiger partial charge in [-0.2, -0.15) is 0 Å². The van der Waals surface area contributed by atoms with Crippen molar-refractivity contribution in [3.05, 3.63) is 29.3 Å². The predicted molar refractivity (Wildman–Crippen MR) is 83.0 cm³/mol. The number of nitrogens with zero attached hydrogens (tertiary/aromatic N) is 2. The van der Waals surface area contributed by atoms with Gasteiger partial charge in [-0.05, 0) is 25.1 Å². The molecule has 1 fully saturated rings. The quantitative estimate of drug-likeness (QED) is 0.910. The molecule has 4 heteroatoms. The van der Waals surface area contributed by atoms with Crippen LogP contribution in [0.4, 0.5) is 5.69 Å². The maximum atomic E-state index is 11.4. The number of anilines is 1. The molecule has 1 aromatic rings. The highest BCUT2D eigenvalue weighted by Crippen LogP contribution is 2.23. The van der Waals surface area contributed by atoms with E-state index in [1.54, 1.807) is 6.92 Å². The molecule has 1 heterocycles. The molecule has 0 atom stereocenters. The fourth-order valence-electron chi connectivity index (χ4n) is 2.69. The van der Waals surface area contributed by atoms with Crippen molar-refractivity contribution < 1.29 is 4.79 Å². The van der Waals surface area contributed by atoms with E-state index >= 15 is 0 Å². The van der Waals surface area contributed by atoms with Crippen LogP contribution >= 0.6 is 0 Å². The summed E-state index contributed by atoms with van der Waals surface area (Å²) in [5.41, 5.74) is 3.95. The first kappa shape index (κ1) is 14.9. The van der Waals surface area contributed by atoms with E-state index in [-0.39, 0.29) is 5.91 Å². The van der Waals surface area contributed by atoms with Gasteiger partial charge in [0.15, 0.2) is 0 Å². The molecule has 4 nitrogen and oxygen atoms in total. The number of carbonyl (C=O) groups is 1. The van der Waals surface area contributed by atoms with E-state index in [1.165, 1.54) is 16.8 Å². The van der Waals surface area contributed by atoms with E-state index in [1.807, 2.05) is 4.90 Å². The van der Waals surface area contributed by atoms with Gasteiger partial charge in [0.2, 0.25) is 5.91 Å². The number of hydrogen-bond donors (Lipinski definition) is 1. The van der Waals surface area contributed by atoms with Crippen LogP contribution in [-0.2, 0) is 11.3 Å². The molecule has 1 aromatic carbocycles. The van der Waals surface area contributed by atoms with Crippen LogP contribution in [0.3, 0.4) is 0 Å². The number of benzene rings is 1. The molecule has 110 valence electrons. The number of nitrogens with one attached hydrogen (secondary N) is 1. The molecule has 1 aliphatic heterocycles. The SMILES string of the molecule is CCNCc1cc(C)ccc1N1CCN(C(C)=O)CC1. The largest absolute Gasteiger partial charge is 0.368 e. The average Bonchev–Trinajstić information content (AvgIpc) is 2.45. The van der Waals surface area contributed by atoms with Gasteiger partial charge in [-0.3, -0.25) is 4.79 Å². The van der Waals surface area contributed by atoms with Crippen LogP contribution < -0.4 is 10.2 Å². The Morgan fingerprint density at radius 1 is 1.25 bits per heavy atom. The second-order valence-electron chi connectivity index (χ2n) is 5.41. The molecule has 1 aliphatic rings. The fraction of sp³-hybridized carbons (Fsp3) is 0.562. The minimum absolute atomic E-state index is 0.182. The van der Waals surface area contributed by atoms with Crippen molar-refractivity contribution in [1.82, 2.24) is 10.2 Å². The zero-order chi connectivity index (χ0) is 14.5. The Labute approximate surface area is 121 Å². The lowest BCUT2D eigenvalue weighted by molar-refractivity contribution is -0.129. The summed E-state index contributed by atoms with van der Waals surface area (Å²) in [7, 11) is 0. The molecule has 2 rings (SSSR count). The van der Waals surface area contributed by atoms with Crippen molar-refractivity contribution in [3.8, 4) is 0 Å². The summed E-state index contributed by atoms with van der Waals surface area (Å²) in [5, 5.41) is 3.41. The van der Waals surface area contributed by atoms with Gasteiger partial charge in [0.05, 0.1) is 0 Å². The fourth-order valence-corrected chi connectivity index (χ4v) is 2.69. The summed E-state index contributed by atoms with van der Waals surface area (Å²) in [6, 6.07) is 6.64. The molecule has 0 aromatic heterocycles. The van der Waals surface area contributed by atoms with E-state index in [9.17, 15) is 4.79 Å². The first-order chi connectivity index (χ1) is 9.61. The van der Waals surface area contributed by atoms with Gasteiger partial charge in [-0.1, -0.05) is 24.6 Å². The van der Waals surface area contributed by atoms with Crippen molar-refractivity contribution in [2.75, 3.05) is 37.6 Å². The summed E-state index contributed by atoms with van der Waals surface area (Å²) < 4.78 is 0. The van der Waals surface area contributed by atoms with Gasteiger partial charge in [0.1, 0.15) is 0 Å². The number of carbonyl (C=O) groups excluding carboxylic acids is 1. The number of rotatable bonds is 4. The van der Waals surface area contributed by atoms with Gasteiger partial charge in [0.25, 0.3) is 0 Å². The minimum Gasteiger partial charge on any atom is -0.368 e. The lowest BCUT2D eigenvalue weighted by Crippen LogP contribution is -2.48. The number of hydrogen-bond acceptors (Lipinski definition) is 3. The molecular formula is C16H25N3O. The van der Waals surface area contributed by atoms with Crippen LogP contribution in [0.25, 0.3) is 0 Å². The Kier molecular flexibility index (Phi) is 5.01. The zero-order valence-corrected chi connectivity index (χ0v) is 12.8. The van der Waals surface area contributed by atoms with Crippen LogP contribution in [0, 0.1) is 6.92 Å². The van der Waals surface area contributed by atoms with Gasteiger partial charge in [-0.25, -0.2) is 0 Å². The Morgan fingerprint density at radius 2 is 1.95 bits per heavy atom. The molecule has 0 aliphatic carbocycles. The van der Waals surface area contributed by atoms with Crippen LogP contribution in [-0.4, -0.2) is 43.5 Å². The van der Waals surface area contributed by atoms with E-state index in [4.69, 9.17) is 0 Å². The Morgan fingerprint density at radius 3 is 2.55 bits per heavy atom. The summed E-state index contributed by atoms with van der Waals surface area (Å²) >= 11 is 0. The average molecular weight is 275 g/mol. The third-order valence-corrected chi connectivity index (χ3v) is 3.87. The first-order valence-electron chi connectivity index (χ1n) is 7.42. The van der Waals surface area contributed by atoms with Gasteiger partial charge in [-0.15, -0.1) is 0 Å². The number of piperazine rings is 1. The zero-order valence-electron chi connectivity index (χ0n) is 12.8. The molecule has 1 N–H and O–H groups in total. The Hall–Kier alpha value is -1.55. The lowest BCUT2D eigenvalue weighted by atomic mass is 10.1. The maximum absolute atomic E-state index is 11.4. The number of aryl methyl sites for hydroxylation is 1. The molecule has 0 radical (unpaired) electrons. The van der Waals surface area contributed by atoms with Crippen LogP contribution in [0.1, 0.15) is 25.0 Å². The summed E-state index contributed by atoms with van der Waals surface area (Å²) in [4.78, 5) is 15.7. The van der Waals surface area contributed by atoms with E-state index in [2.05, 4.69) is 42.3 Å². The summed E-state index contributed by atoms with van der Waals surface area (Å²) in [5.74, 6) is 0.182. The van der Waals surface area contributed by atoms with Crippen LogP contribution in [0.5, 0.6) is 0 Å². The molecule has 1 amide bonds. The van der Waals surface area contributed by atoms with Crippen LogP contribution in [0.2, 0.25) is 0 Å². The minimum atomic E-state index is 0.182. The standard InChI is InChI=1S/C16H25N3O/c1-4-17-12-15-11-13(2)5-6-16(15)19-9-7-18(8-10-19)14(3)20/h5-6,11,17H,4,7-10,12H2,1-3H3. The van der Waals surface area contributed by atoms with Crippen molar-refractivity contribution >= 4 is 11.6 Å². The van der Waals surface area contributed by atoms with Crippen LogP contribution in [0.15, 0.2) is 18.2 Å². The highest BCUT2D eigenvalue weighted by Gasteiger charge is 2.20. The van der Waals surface area contributed by atoms with Gasteiger partial charge in [0, 0.05) is 45.3 Å². The lowest BCUT2D eigenvalue weighted by Gasteiger charge is -2.36. The van der Waals surface area contributed by atoms with Gasteiger partial charge < -0.3 is 15.1 Å². The van der Waals surface area contributed by atoms with Crippen molar-refractivity contribution in [1.29, 1.82) is 0 Å². The highest BCUT2D eigenvalue weighted by atomic mass is 16.2. The molecular weight excluding hydrogens is 250 g/mol. The van der Waals surface area contributed by atoms with E-state index < -0.39 is 0 Å². The topological polar surface area (TPSA) is 35.6 Å². The third kappa shape index (κ3) is 3.51. The molecule has 0 unspecified atom stereocenters.